The first-order chi connectivity index (χ1) is 21.6. The number of amides is 2. The van der Waals surface area contributed by atoms with Gasteiger partial charge in [0.05, 0.1) is 19.7 Å². The second kappa shape index (κ2) is 13.9. The Labute approximate surface area is 276 Å². The first-order valence-corrected chi connectivity index (χ1v) is 16.2. The number of aliphatic imine (C=N–C) groups is 1. The molecule has 2 aliphatic rings. The number of halogens is 1. The molecule has 12 heteroatoms. The molecule has 0 saturated heterocycles. The first-order valence-electron chi connectivity index (χ1n) is 15.8. The normalized spacial score (nSPS) is 21.3. The number of ether oxygens (including phenoxy) is 1. The number of nitrogens with two attached hydrogens (primary N) is 1. The summed E-state index contributed by atoms with van der Waals surface area (Å²) in [6.45, 7) is 13.4. The number of nitrogens with zero attached hydrogens (tertiary/aromatic N) is 5. The summed E-state index contributed by atoms with van der Waals surface area (Å²) >= 11 is 6.47. The highest BCUT2D eigenvalue weighted by Crippen LogP contribution is 2.50. The van der Waals surface area contributed by atoms with Gasteiger partial charge in [-0.05, 0) is 79.0 Å². The lowest BCUT2D eigenvalue weighted by Crippen LogP contribution is -2.51. The van der Waals surface area contributed by atoms with Gasteiger partial charge in [-0.25, -0.2) is 4.98 Å². The fourth-order valence-corrected chi connectivity index (χ4v) is 6.72. The Morgan fingerprint density at radius 3 is 2.39 bits per heavy atom. The SMILES string of the molecule is COc1ncc(C2=NC3(CCC(C(C)(C)C)CC3)N(C(CCC(C)(C)C)c3ccc(C(=O)NCC(N)=NN=N)cc3)C2=O)cc1Cl. The molecule has 0 bridgehead atoms. The number of carbonyl (C=O) groups is 2. The number of carbonyl (C=O) groups excluding carboxylic acids is 2. The van der Waals surface area contributed by atoms with Crippen LogP contribution in [0.2, 0.25) is 5.02 Å². The van der Waals surface area contributed by atoms with E-state index in [1.807, 2.05) is 17.0 Å². The molecule has 1 atom stereocenters. The number of methoxy groups -OCH3 is 1. The maximum atomic E-state index is 14.6. The fraction of sp³-hybridized carbons (Fsp3) is 0.559. The van der Waals surface area contributed by atoms with Crippen molar-refractivity contribution < 1.29 is 14.3 Å². The third-order valence-electron chi connectivity index (χ3n) is 9.12. The van der Waals surface area contributed by atoms with Crippen LogP contribution in [0.1, 0.15) is 108 Å². The first kappa shape index (κ1) is 35.0. The van der Waals surface area contributed by atoms with Gasteiger partial charge in [-0.1, -0.05) is 70.5 Å². The summed E-state index contributed by atoms with van der Waals surface area (Å²) in [4.78, 5) is 39.1. The van der Waals surface area contributed by atoms with E-state index in [1.165, 1.54) is 7.11 Å². The van der Waals surface area contributed by atoms with Gasteiger partial charge in [0.2, 0.25) is 5.88 Å². The van der Waals surface area contributed by atoms with E-state index in [-0.39, 0.29) is 41.1 Å². The van der Waals surface area contributed by atoms with Crippen LogP contribution in [-0.4, -0.2) is 52.6 Å². The highest BCUT2D eigenvalue weighted by atomic mass is 35.5. The van der Waals surface area contributed by atoms with Crippen LogP contribution < -0.4 is 15.8 Å². The maximum absolute atomic E-state index is 14.6. The maximum Gasteiger partial charge on any atom is 0.275 e. The number of hydrogen-bond donors (Lipinski definition) is 3. The van der Waals surface area contributed by atoms with Crippen LogP contribution in [0, 0.1) is 22.3 Å². The number of nitrogens with one attached hydrogen (secondary N) is 2. The monoisotopic (exact) mass is 650 g/mol. The van der Waals surface area contributed by atoms with Gasteiger partial charge in [-0.3, -0.25) is 14.6 Å². The van der Waals surface area contributed by atoms with Crippen LogP contribution in [0.15, 0.2) is 51.8 Å². The third kappa shape index (κ3) is 7.92. The quantitative estimate of drug-likeness (QED) is 0.110. The Kier molecular flexibility index (Phi) is 10.6. The van der Waals surface area contributed by atoms with Gasteiger partial charge in [0.1, 0.15) is 22.2 Å². The van der Waals surface area contributed by atoms with Gasteiger partial charge in [0.25, 0.3) is 11.8 Å². The Morgan fingerprint density at radius 1 is 1.20 bits per heavy atom. The molecule has 1 fully saturated rings. The van der Waals surface area contributed by atoms with E-state index in [0.29, 0.717) is 33.7 Å². The molecule has 2 heterocycles. The van der Waals surface area contributed by atoms with E-state index in [9.17, 15) is 9.59 Å². The molecular formula is C34H47ClN8O3. The number of hydrogen-bond acceptors (Lipinski definition) is 7. The van der Waals surface area contributed by atoms with E-state index in [0.717, 1.165) is 44.1 Å². The second-order valence-corrected chi connectivity index (χ2v) is 15.0. The number of amidine groups is 1. The Hall–Kier alpha value is -3.86. The van der Waals surface area contributed by atoms with Crippen molar-refractivity contribution in [2.45, 2.75) is 91.8 Å². The molecule has 4 N–H and O–H groups in total. The lowest BCUT2D eigenvalue weighted by molar-refractivity contribution is -0.134. The standard InChI is InChI=1S/C34H47ClN8O3/c1-32(2,3)15-14-26(21-8-10-22(11-9-21)29(44)38-20-27(36)41-42-37)43-31(45)28(23-18-25(35)30(46-7)39-19-23)40-34(43)16-12-24(13-17-34)33(4,5)6/h8-11,18-19,24,26H,12-17,20H2,1-7H3,(H,38,44)(H3,36,37,41). The molecule has 248 valence electrons. The minimum absolute atomic E-state index is 0.0259. The lowest BCUT2D eigenvalue weighted by Gasteiger charge is -2.47. The van der Waals surface area contributed by atoms with Crippen molar-refractivity contribution >= 4 is 35.0 Å². The van der Waals surface area contributed by atoms with Crippen LogP contribution in [0.3, 0.4) is 0 Å². The number of benzene rings is 1. The van der Waals surface area contributed by atoms with Crippen LogP contribution in [-0.2, 0) is 4.79 Å². The van der Waals surface area contributed by atoms with Crippen molar-refractivity contribution in [2.75, 3.05) is 13.7 Å². The molecule has 2 aromatic rings. The van der Waals surface area contributed by atoms with Gasteiger partial charge in [-0.15, -0.1) is 5.10 Å². The molecule has 0 radical (unpaired) electrons. The Balaban J connectivity index is 1.74. The van der Waals surface area contributed by atoms with Gasteiger partial charge in [0.15, 0.2) is 0 Å². The smallest absolute Gasteiger partial charge is 0.275 e. The molecule has 11 nitrogen and oxygen atoms in total. The van der Waals surface area contributed by atoms with Gasteiger partial charge >= 0.3 is 0 Å². The van der Waals surface area contributed by atoms with Crippen molar-refractivity contribution in [3.8, 4) is 5.88 Å². The highest BCUT2D eigenvalue weighted by molar-refractivity contribution is 6.47. The molecule has 1 saturated carbocycles. The van der Waals surface area contributed by atoms with Crippen molar-refractivity contribution in [1.82, 2.24) is 15.2 Å². The predicted octanol–water partition coefficient (Wildman–Crippen LogP) is 6.91. The summed E-state index contributed by atoms with van der Waals surface area (Å²) in [6.07, 6.45) is 6.61. The lowest BCUT2D eigenvalue weighted by atomic mass is 9.69. The molecule has 1 aromatic heterocycles. The molecule has 1 aliphatic heterocycles. The average Bonchev–Trinajstić information content (AvgIpc) is 3.26. The van der Waals surface area contributed by atoms with Crippen molar-refractivity contribution in [3.63, 3.8) is 0 Å². The van der Waals surface area contributed by atoms with Gasteiger partial charge in [0, 0.05) is 17.3 Å². The fourth-order valence-electron chi connectivity index (χ4n) is 6.48. The summed E-state index contributed by atoms with van der Waals surface area (Å²) in [5.74, 6) is 0.371. The third-order valence-corrected chi connectivity index (χ3v) is 9.39. The van der Waals surface area contributed by atoms with Crippen LogP contribution in [0.5, 0.6) is 5.88 Å². The summed E-state index contributed by atoms with van der Waals surface area (Å²) in [7, 11) is 1.50. The zero-order valence-electron chi connectivity index (χ0n) is 28.0. The van der Waals surface area contributed by atoms with E-state index in [2.05, 4.69) is 62.2 Å². The second-order valence-electron chi connectivity index (χ2n) is 14.6. The number of aromatic nitrogens is 1. The minimum atomic E-state index is -0.709. The van der Waals surface area contributed by atoms with E-state index >= 15 is 0 Å². The van der Waals surface area contributed by atoms with Crippen molar-refractivity contribution in [1.29, 1.82) is 5.53 Å². The minimum Gasteiger partial charge on any atom is -0.480 e. The highest BCUT2D eigenvalue weighted by Gasteiger charge is 2.52. The van der Waals surface area contributed by atoms with E-state index in [4.69, 9.17) is 32.6 Å². The van der Waals surface area contributed by atoms with Crippen molar-refractivity contribution in [3.05, 3.63) is 58.2 Å². The molecule has 1 aliphatic carbocycles. The Bertz CT molecular complexity index is 1500. The molecule has 1 unspecified atom stereocenters. The molecular weight excluding hydrogens is 604 g/mol. The molecule has 4 rings (SSSR count). The zero-order valence-corrected chi connectivity index (χ0v) is 28.7. The summed E-state index contributed by atoms with van der Waals surface area (Å²) in [6, 6.07) is 8.79. The van der Waals surface area contributed by atoms with Crippen LogP contribution in [0.25, 0.3) is 0 Å². The summed E-state index contributed by atoms with van der Waals surface area (Å²) in [5, 5.41) is 9.33. The van der Waals surface area contributed by atoms with Crippen LogP contribution >= 0.6 is 11.6 Å². The molecule has 46 heavy (non-hydrogen) atoms. The zero-order chi connectivity index (χ0) is 33.9. The number of rotatable bonds is 10. The Morgan fingerprint density at radius 2 is 1.85 bits per heavy atom. The number of pyridine rings is 1. The van der Waals surface area contributed by atoms with Crippen LogP contribution in [0.4, 0.5) is 0 Å². The van der Waals surface area contributed by atoms with Gasteiger partial charge < -0.3 is 20.7 Å². The topological polar surface area (TPSA) is 158 Å². The molecule has 1 aromatic carbocycles. The van der Waals surface area contributed by atoms with Crippen molar-refractivity contribution in [2.24, 2.45) is 37.8 Å². The summed E-state index contributed by atoms with van der Waals surface area (Å²) < 4.78 is 5.26. The van der Waals surface area contributed by atoms with E-state index < -0.39 is 5.66 Å². The molecule has 1 spiro atoms. The molecule has 2 amide bonds. The predicted molar refractivity (Wildman–Crippen MR) is 180 cm³/mol. The largest absolute Gasteiger partial charge is 0.480 e. The van der Waals surface area contributed by atoms with Gasteiger partial charge in [-0.2, -0.15) is 5.53 Å². The summed E-state index contributed by atoms with van der Waals surface area (Å²) in [5.41, 5.74) is 14.2. The van der Waals surface area contributed by atoms with E-state index in [1.54, 1.807) is 24.4 Å². The average molecular weight is 651 g/mol.